The first-order chi connectivity index (χ1) is 9.13. The van der Waals surface area contributed by atoms with Crippen LogP contribution in [0.4, 0.5) is 0 Å². The number of phenols is 1. The lowest BCUT2D eigenvalue weighted by atomic mass is 10.0. The lowest BCUT2D eigenvalue weighted by Gasteiger charge is -2.06. The number of ketones is 1. The predicted octanol–water partition coefficient (Wildman–Crippen LogP) is 2.41. The molecule has 2 aromatic rings. The van der Waals surface area contributed by atoms with Gasteiger partial charge in [0, 0.05) is 5.56 Å². The first kappa shape index (κ1) is 12.8. The number of hydrogen-bond donors (Lipinski definition) is 1. The normalized spacial score (nSPS) is 9.95. The van der Waals surface area contributed by atoms with Crippen molar-refractivity contribution in [1.82, 2.24) is 0 Å². The van der Waals surface area contributed by atoms with Crippen molar-refractivity contribution in [3.63, 3.8) is 0 Å². The topological polar surface area (TPSA) is 63.6 Å². The van der Waals surface area contributed by atoms with Gasteiger partial charge in [-0.05, 0) is 18.2 Å². The fourth-order valence-electron chi connectivity index (χ4n) is 1.71. The van der Waals surface area contributed by atoms with Gasteiger partial charge in [0.25, 0.3) is 0 Å². The molecule has 4 nitrogen and oxygen atoms in total. The van der Waals surface area contributed by atoms with E-state index in [1.165, 1.54) is 25.3 Å². The van der Waals surface area contributed by atoms with E-state index in [0.29, 0.717) is 5.56 Å². The standard InChI is InChI=1S/C15H12O4/c1-19-15(18)11-7-8-12(13(16)9-11)14(17)10-5-3-2-4-6-10/h2-9,16H,1H3. The van der Waals surface area contributed by atoms with Crippen molar-refractivity contribution in [2.45, 2.75) is 0 Å². The molecule has 0 aliphatic heterocycles. The van der Waals surface area contributed by atoms with Crippen LogP contribution in [0.2, 0.25) is 0 Å². The summed E-state index contributed by atoms with van der Waals surface area (Å²) in [6.07, 6.45) is 0. The van der Waals surface area contributed by atoms with Crippen molar-refractivity contribution >= 4 is 11.8 Å². The van der Waals surface area contributed by atoms with E-state index in [9.17, 15) is 14.7 Å². The van der Waals surface area contributed by atoms with Crippen LogP contribution in [-0.2, 0) is 4.74 Å². The Labute approximate surface area is 110 Å². The molecular formula is C15H12O4. The second kappa shape index (κ2) is 5.35. The maximum Gasteiger partial charge on any atom is 0.337 e. The van der Waals surface area contributed by atoms with Crippen LogP contribution in [0, 0.1) is 0 Å². The van der Waals surface area contributed by atoms with E-state index in [1.807, 2.05) is 0 Å². The predicted molar refractivity (Wildman–Crippen MR) is 69.3 cm³/mol. The molecule has 0 radical (unpaired) electrons. The van der Waals surface area contributed by atoms with Gasteiger partial charge in [-0.3, -0.25) is 4.79 Å². The molecule has 2 rings (SSSR count). The lowest BCUT2D eigenvalue weighted by molar-refractivity contribution is 0.0600. The number of methoxy groups -OCH3 is 1. The number of hydrogen-bond acceptors (Lipinski definition) is 4. The number of phenolic OH excluding ortho intramolecular Hbond substituents is 1. The zero-order valence-electron chi connectivity index (χ0n) is 10.3. The minimum absolute atomic E-state index is 0.152. The summed E-state index contributed by atoms with van der Waals surface area (Å²) in [6, 6.07) is 12.7. The molecule has 0 atom stereocenters. The molecule has 0 fully saturated rings. The fourth-order valence-corrected chi connectivity index (χ4v) is 1.71. The summed E-state index contributed by atoms with van der Waals surface area (Å²) < 4.78 is 4.54. The molecule has 0 heterocycles. The third-order valence-corrected chi connectivity index (χ3v) is 2.70. The number of aromatic hydroxyl groups is 1. The molecule has 2 aromatic carbocycles. The van der Waals surface area contributed by atoms with Crippen LogP contribution in [0.3, 0.4) is 0 Å². The van der Waals surface area contributed by atoms with Crippen molar-refractivity contribution in [3.05, 3.63) is 65.2 Å². The van der Waals surface area contributed by atoms with Gasteiger partial charge in [-0.15, -0.1) is 0 Å². The Balaban J connectivity index is 2.37. The van der Waals surface area contributed by atoms with Crippen molar-refractivity contribution < 1.29 is 19.4 Å². The second-order valence-corrected chi connectivity index (χ2v) is 3.92. The molecule has 4 heteroatoms. The third-order valence-electron chi connectivity index (χ3n) is 2.70. The number of ether oxygens (including phenoxy) is 1. The van der Waals surface area contributed by atoms with Gasteiger partial charge in [-0.25, -0.2) is 4.79 Å². The largest absolute Gasteiger partial charge is 0.507 e. The summed E-state index contributed by atoms with van der Waals surface area (Å²) in [6.45, 7) is 0. The quantitative estimate of drug-likeness (QED) is 0.676. The van der Waals surface area contributed by atoms with Crippen LogP contribution < -0.4 is 0 Å². The minimum atomic E-state index is -0.561. The van der Waals surface area contributed by atoms with Crippen molar-refractivity contribution in [3.8, 4) is 5.75 Å². The molecule has 0 unspecified atom stereocenters. The van der Waals surface area contributed by atoms with E-state index < -0.39 is 5.97 Å². The van der Waals surface area contributed by atoms with Gasteiger partial charge in [0.15, 0.2) is 5.78 Å². The van der Waals surface area contributed by atoms with Crippen LogP contribution in [0.5, 0.6) is 5.75 Å². The molecule has 19 heavy (non-hydrogen) atoms. The summed E-state index contributed by atoms with van der Waals surface area (Å²) in [7, 11) is 1.25. The molecule has 0 aromatic heterocycles. The Morgan fingerprint density at radius 1 is 1.00 bits per heavy atom. The first-order valence-corrected chi connectivity index (χ1v) is 5.64. The maximum absolute atomic E-state index is 12.1. The van der Waals surface area contributed by atoms with E-state index in [0.717, 1.165) is 0 Å². The smallest absolute Gasteiger partial charge is 0.337 e. The van der Waals surface area contributed by atoms with Crippen LogP contribution >= 0.6 is 0 Å². The highest BCUT2D eigenvalue weighted by Crippen LogP contribution is 2.22. The Morgan fingerprint density at radius 2 is 1.68 bits per heavy atom. The molecule has 0 aliphatic carbocycles. The summed E-state index contributed by atoms with van der Waals surface area (Å²) in [5, 5.41) is 9.84. The Hall–Kier alpha value is -2.62. The summed E-state index contributed by atoms with van der Waals surface area (Å²) in [5.41, 5.74) is 0.826. The van der Waals surface area contributed by atoms with E-state index >= 15 is 0 Å². The molecule has 0 spiro atoms. The minimum Gasteiger partial charge on any atom is -0.507 e. The lowest BCUT2D eigenvalue weighted by Crippen LogP contribution is -2.05. The molecule has 0 saturated carbocycles. The van der Waals surface area contributed by atoms with Gasteiger partial charge in [0.05, 0.1) is 18.2 Å². The highest BCUT2D eigenvalue weighted by atomic mass is 16.5. The van der Waals surface area contributed by atoms with Gasteiger partial charge >= 0.3 is 5.97 Å². The van der Waals surface area contributed by atoms with Gasteiger partial charge in [0.2, 0.25) is 0 Å². The number of esters is 1. The molecule has 1 N–H and O–H groups in total. The average molecular weight is 256 g/mol. The molecule has 0 aliphatic rings. The van der Waals surface area contributed by atoms with E-state index in [1.54, 1.807) is 30.3 Å². The molecule has 96 valence electrons. The van der Waals surface area contributed by atoms with Gasteiger partial charge in [0.1, 0.15) is 5.75 Å². The van der Waals surface area contributed by atoms with E-state index in [-0.39, 0.29) is 22.7 Å². The summed E-state index contributed by atoms with van der Waals surface area (Å²) in [4.78, 5) is 23.4. The highest BCUT2D eigenvalue weighted by Gasteiger charge is 2.15. The highest BCUT2D eigenvalue weighted by molar-refractivity contribution is 6.11. The summed E-state index contributed by atoms with van der Waals surface area (Å²) in [5.74, 6) is -1.10. The van der Waals surface area contributed by atoms with Crippen LogP contribution in [0.15, 0.2) is 48.5 Å². The monoisotopic (exact) mass is 256 g/mol. The SMILES string of the molecule is COC(=O)c1ccc(C(=O)c2ccccc2)c(O)c1. The number of rotatable bonds is 3. The van der Waals surface area contributed by atoms with Crippen molar-refractivity contribution in [2.75, 3.05) is 7.11 Å². The molecule has 0 bridgehead atoms. The maximum atomic E-state index is 12.1. The third kappa shape index (κ3) is 2.63. The zero-order valence-corrected chi connectivity index (χ0v) is 10.3. The first-order valence-electron chi connectivity index (χ1n) is 5.64. The Kier molecular flexibility index (Phi) is 3.61. The number of carbonyl (C=O) groups excluding carboxylic acids is 2. The van der Waals surface area contributed by atoms with Gasteiger partial charge in [-0.1, -0.05) is 30.3 Å². The van der Waals surface area contributed by atoms with E-state index in [4.69, 9.17) is 0 Å². The second-order valence-electron chi connectivity index (χ2n) is 3.92. The number of carbonyl (C=O) groups is 2. The van der Waals surface area contributed by atoms with Crippen molar-refractivity contribution in [1.29, 1.82) is 0 Å². The number of benzene rings is 2. The van der Waals surface area contributed by atoms with Crippen LogP contribution in [0.25, 0.3) is 0 Å². The molecular weight excluding hydrogens is 244 g/mol. The van der Waals surface area contributed by atoms with E-state index in [2.05, 4.69) is 4.74 Å². The average Bonchev–Trinajstić information content (AvgIpc) is 2.46. The Bertz CT molecular complexity index is 617. The fraction of sp³-hybridized carbons (Fsp3) is 0.0667. The zero-order chi connectivity index (χ0) is 13.8. The molecule has 0 amide bonds. The van der Waals surface area contributed by atoms with Gasteiger partial charge < -0.3 is 9.84 Å². The summed E-state index contributed by atoms with van der Waals surface area (Å²) >= 11 is 0. The van der Waals surface area contributed by atoms with Crippen LogP contribution in [-0.4, -0.2) is 24.0 Å². The molecule has 0 saturated heterocycles. The van der Waals surface area contributed by atoms with Crippen molar-refractivity contribution in [2.24, 2.45) is 0 Å². The van der Waals surface area contributed by atoms with Crippen LogP contribution in [0.1, 0.15) is 26.3 Å². The van der Waals surface area contributed by atoms with Gasteiger partial charge in [-0.2, -0.15) is 0 Å². The Morgan fingerprint density at radius 3 is 2.26 bits per heavy atom.